The van der Waals surface area contributed by atoms with Crippen LogP contribution >= 0.6 is 0 Å². The van der Waals surface area contributed by atoms with Crippen LogP contribution in [0.15, 0.2) is 68.7 Å². The molecule has 0 saturated carbocycles. The number of aryl methyl sites for hydroxylation is 2. The van der Waals surface area contributed by atoms with Crippen LogP contribution in [0.1, 0.15) is 21.7 Å². The number of fused-ring (bicyclic) bond motifs is 1. The molecule has 1 amide bonds. The Labute approximate surface area is 194 Å². The predicted molar refractivity (Wildman–Crippen MR) is 126 cm³/mol. The summed E-state index contributed by atoms with van der Waals surface area (Å²) in [6, 6.07) is 13.4. The third-order valence-electron chi connectivity index (χ3n) is 4.81. The molecule has 0 spiro atoms. The summed E-state index contributed by atoms with van der Waals surface area (Å²) in [7, 11) is -2.44. The first-order chi connectivity index (χ1) is 16.1. The largest absolute Gasteiger partial charge is 0.497 e. The lowest BCUT2D eigenvalue weighted by Crippen LogP contribution is -2.20. The van der Waals surface area contributed by atoms with Crippen molar-refractivity contribution < 1.29 is 22.4 Å². The number of rotatable bonds is 6. The lowest BCUT2D eigenvalue weighted by molar-refractivity contribution is 0.102. The SMILES string of the molecule is COc1ccc2oc(=O)c(C(=O)Nc3ccc(S(=O)(=O)Nc4nc(C)cc(C)n4)cc3)cc2c1. The maximum atomic E-state index is 12.7. The average Bonchev–Trinajstić information content (AvgIpc) is 2.77. The van der Waals surface area contributed by atoms with Crippen molar-refractivity contribution in [2.75, 3.05) is 17.1 Å². The lowest BCUT2D eigenvalue weighted by Gasteiger charge is -2.09. The molecule has 4 aromatic rings. The van der Waals surface area contributed by atoms with Crippen LogP contribution in [0.2, 0.25) is 0 Å². The van der Waals surface area contributed by atoms with E-state index in [1.54, 1.807) is 38.1 Å². The van der Waals surface area contributed by atoms with Gasteiger partial charge in [0.1, 0.15) is 16.9 Å². The van der Waals surface area contributed by atoms with Gasteiger partial charge in [-0.25, -0.2) is 27.9 Å². The molecule has 2 aromatic heterocycles. The highest BCUT2D eigenvalue weighted by Crippen LogP contribution is 2.21. The number of anilines is 2. The van der Waals surface area contributed by atoms with Gasteiger partial charge in [-0.3, -0.25) is 4.79 Å². The van der Waals surface area contributed by atoms with E-state index < -0.39 is 21.6 Å². The smallest absolute Gasteiger partial charge is 0.349 e. The van der Waals surface area contributed by atoms with E-state index in [0.717, 1.165) is 0 Å². The van der Waals surface area contributed by atoms with Crippen LogP contribution < -0.4 is 20.4 Å². The maximum Gasteiger partial charge on any atom is 0.349 e. The fraction of sp³-hybridized carbons (Fsp3) is 0.130. The number of sulfonamides is 1. The minimum absolute atomic E-state index is 0.0328. The van der Waals surface area contributed by atoms with Gasteiger partial charge in [0.05, 0.1) is 12.0 Å². The quantitative estimate of drug-likeness (QED) is 0.401. The summed E-state index contributed by atoms with van der Waals surface area (Å²) >= 11 is 0. The average molecular weight is 481 g/mol. The van der Waals surface area contributed by atoms with Crippen LogP contribution in [0.25, 0.3) is 11.0 Å². The van der Waals surface area contributed by atoms with E-state index in [2.05, 4.69) is 20.0 Å². The van der Waals surface area contributed by atoms with E-state index in [1.807, 2.05) is 0 Å². The van der Waals surface area contributed by atoms with E-state index in [4.69, 9.17) is 9.15 Å². The number of nitrogens with zero attached hydrogens (tertiary/aromatic N) is 2. The minimum atomic E-state index is -3.95. The van der Waals surface area contributed by atoms with Crippen molar-refractivity contribution in [3.8, 4) is 5.75 Å². The van der Waals surface area contributed by atoms with Gasteiger partial charge in [0.2, 0.25) is 5.95 Å². The predicted octanol–water partition coefficient (Wildman–Crippen LogP) is 3.26. The van der Waals surface area contributed by atoms with Gasteiger partial charge in [-0.1, -0.05) is 0 Å². The molecular weight excluding hydrogens is 460 g/mol. The fourth-order valence-electron chi connectivity index (χ4n) is 3.25. The van der Waals surface area contributed by atoms with Gasteiger partial charge in [-0.05, 0) is 68.4 Å². The van der Waals surface area contributed by atoms with Crippen molar-refractivity contribution in [3.05, 3.63) is 82.0 Å². The van der Waals surface area contributed by atoms with Crippen molar-refractivity contribution in [2.45, 2.75) is 18.7 Å². The number of methoxy groups -OCH3 is 1. The molecule has 0 unspecified atom stereocenters. The number of carbonyl (C=O) groups is 1. The summed E-state index contributed by atoms with van der Waals surface area (Å²) in [5.74, 6) is -0.185. The van der Waals surface area contributed by atoms with Gasteiger partial charge in [0.25, 0.3) is 15.9 Å². The Kier molecular flexibility index (Phi) is 6.03. The molecule has 2 N–H and O–H groups in total. The monoisotopic (exact) mass is 480 g/mol. The molecule has 11 heteroatoms. The van der Waals surface area contributed by atoms with E-state index in [0.29, 0.717) is 28.1 Å². The summed E-state index contributed by atoms with van der Waals surface area (Å²) in [5, 5.41) is 3.08. The Morgan fingerprint density at radius 3 is 2.29 bits per heavy atom. The van der Waals surface area contributed by atoms with Crippen LogP contribution in [0.4, 0.5) is 11.6 Å². The summed E-state index contributed by atoms with van der Waals surface area (Å²) in [5.41, 5.74) is 0.853. The van der Waals surface area contributed by atoms with Crippen LogP contribution in [0, 0.1) is 13.8 Å². The summed E-state index contributed by atoms with van der Waals surface area (Å²) < 4.78 is 38.0. The lowest BCUT2D eigenvalue weighted by atomic mass is 10.1. The van der Waals surface area contributed by atoms with E-state index >= 15 is 0 Å². The minimum Gasteiger partial charge on any atom is -0.497 e. The Morgan fingerprint density at radius 1 is 0.971 bits per heavy atom. The van der Waals surface area contributed by atoms with Crippen LogP contribution in [0.5, 0.6) is 5.75 Å². The second-order valence-corrected chi connectivity index (χ2v) is 9.09. The highest BCUT2D eigenvalue weighted by molar-refractivity contribution is 7.92. The van der Waals surface area contributed by atoms with Crippen molar-refractivity contribution in [1.29, 1.82) is 0 Å². The van der Waals surface area contributed by atoms with Gasteiger partial charge < -0.3 is 14.5 Å². The first-order valence-corrected chi connectivity index (χ1v) is 11.5. The number of aromatic nitrogens is 2. The first-order valence-electron chi connectivity index (χ1n) is 10.0. The molecular formula is C23H20N4O6S. The van der Waals surface area contributed by atoms with E-state index in [9.17, 15) is 18.0 Å². The Morgan fingerprint density at radius 2 is 1.65 bits per heavy atom. The number of nitrogens with one attached hydrogen (secondary N) is 2. The van der Waals surface area contributed by atoms with E-state index in [-0.39, 0.29) is 22.1 Å². The standard InChI is InChI=1S/C23H20N4O6S/c1-13-10-14(2)25-23(24-13)27-34(30,31)18-7-4-16(5-8-18)26-21(28)19-12-15-11-17(32-3)6-9-20(15)33-22(19)29/h4-12H,1-3H3,(H,26,28)(H,24,25,27). The first kappa shape index (κ1) is 22.9. The molecule has 4 rings (SSSR count). The zero-order valence-electron chi connectivity index (χ0n) is 18.4. The van der Waals surface area contributed by atoms with Gasteiger partial charge >= 0.3 is 5.63 Å². The Hall–Kier alpha value is -4.25. The second kappa shape index (κ2) is 8.94. The highest BCUT2D eigenvalue weighted by atomic mass is 32.2. The van der Waals surface area contributed by atoms with Gasteiger partial charge in [-0.15, -0.1) is 0 Å². The van der Waals surface area contributed by atoms with Gasteiger partial charge in [-0.2, -0.15) is 0 Å². The fourth-order valence-corrected chi connectivity index (χ4v) is 4.20. The zero-order valence-corrected chi connectivity index (χ0v) is 19.3. The molecule has 2 heterocycles. The molecule has 34 heavy (non-hydrogen) atoms. The number of ether oxygens (including phenoxy) is 1. The second-order valence-electron chi connectivity index (χ2n) is 7.41. The molecule has 10 nitrogen and oxygen atoms in total. The van der Waals surface area contributed by atoms with Crippen molar-refractivity contribution in [2.24, 2.45) is 0 Å². The molecule has 0 aliphatic heterocycles. The van der Waals surface area contributed by atoms with Crippen LogP contribution in [-0.4, -0.2) is 31.4 Å². The van der Waals surface area contributed by atoms with Gasteiger partial charge in [0.15, 0.2) is 0 Å². The summed E-state index contributed by atoms with van der Waals surface area (Å²) in [4.78, 5) is 33.0. The molecule has 0 saturated heterocycles. The number of carbonyl (C=O) groups excluding carboxylic acids is 1. The zero-order chi connectivity index (χ0) is 24.5. The Bertz CT molecular complexity index is 1540. The summed E-state index contributed by atoms with van der Waals surface area (Å²) in [6.45, 7) is 3.47. The van der Waals surface area contributed by atoms with E-state index in [1.165, 1.54) is 37.4 Å². The van der Waals surface area contributed by atoms with Crippen LogP contribution in [0.3, 0.4) is 0 Å². The van der Waals surface area contributed by atoms with Gasteiger partial charge in [0, 0.05) is 22.5 Å². The maximum absolute atomic E-state index is 12.7. The third-order valence-corrected chi connectivity index (χ3v) is 6.16. The van der Waals surface area contributed by atoms with Crippen molar-refractivity contribution in [1.82, 2.24) is 9.97 Å². The molecule has 0 atom stereocenters. The number of benzene rings is 2. The Balaban J connectivity index is 1.54. The normalized spacial score (nSPS) is 11.3. The molecule has 174 valence electrons. The molecule has 0 radical (unpaired) electrons. The number of amides is 1. The van der Waals surface area contributed by atoms with Crippen molar-refractivity contribution >= 4 is 38.5 Å². The number of hydrogen-bond acceptors (Lipinski definition) is 8. The topological polar surface area (TPSA) is 140 Å². The third kappa shape index (κ3) is 4.89. The highest BCUT2D eigenvalue weighted by Gasteiger charge is 2.18. The molecule has 0 aliphatic carbocycles. The number of hydrogen-bond donors (Lipinski definition) is 2. The van der Waals surface area contributed by atoms with Crippen LogP contribution in [-0.2, 0) is 10.0 Å². The summed E-state index contributed by atoms with van der Waals surface area (Å²) in [6.07, 6.45) is 0. The molecule has 0 aliphatic rings. The molecule has 0 bridgehead atoms. The molecule has 0 fully saturated rings. The van der Waals surface area contributed by atoms with Crippen molar-refractivity contribution in [3.63, 3.8) is 0 Å². The molecule has 2 aromatic carbocycles.